The number of methoxy groups -OCH3 is 1. The maximum Gasteiger partial charge on any atom is 0.266 e. The number of benzene rings is 2. The van der Waals surface area contributed by atoms with Gasteiger partial charge in [0.15, 0.2) is 0 Å². The molecular formula is C21H20N2O3. The molecule has 0 radical (unpaired) electrons. The molecule has 0 atom stereocenters. The minimum absolute atomic E-state index is 0.0116. The van der Waals surface area contributed by atoms with Crippen molar-refractivity contribution in [1.82, 2.24) is 0 Å². The lowest BCUT2D eigenvalue weighted by Gasteiger charge is -2.10. The molecule has 0 aliphatic carbocycles. The summed E-state index contributed by atoms with van der Waals surface area (Å²) in [4.78, 5) is 12.3. The van der Waals surface area contributed by atoms with Gasteiger partial charge in [0.1, 0.15) is 23.1 Å². The van der Waals surface area contributed by atoms with Gasteiger partial charge >= 0.3 is 0 Å². The maximum atomic E-state index is 12.3. The number of ether oxygens (including phenoxy) is 2. The average Bonchev–Trinajstić information content (AvgIpc) is 2.67. The van der Waals surface area contributed by atoms with Gasteiger partial charge in [0.05, 0.1) is 19.4 Å². The highest BCUT2D eigenvalue weighted by molar-refractivity contribution is 6.07. The fourth-order valence-corrected chi connectivity index (χ4v) is 2.26. The van der Waals surface area contributed by atoms with Gasteiger partial charge in [0.2, 0.25) is 0 Å². The van der Waals surface area contributed by atoms with Crippen molar-refractivity contribution in [2.75, 3.05) is 19.0 Å². The molecule has 1 amide bonds. The number of carbonyl (C=O) groups is 1. The standard InChI is InChI=1S/C21H20N2O3/c1-3-26-20-14-7-5-12-18(20)23-21(24)17(15-22)11-8-10-16-9-4-6-13-19(16)25-2/h4-14H,3H2,1-2H3,(H,23,24)/b10-8+,17-11+. The zero-order valence-electron chi connectivity index (χ0n) is 14.7. The van der Waals surface area contributed by atoms with Crippen LogP contribution in [0.5, 0.6) is 11.5 Å². The van der Waals surface area contributed by atoms with Crippen molar-refractivity contribution >= 4 is 17.7 Å². The molecule has 132 valence electrons. The van der Waals surface area contributed by atoms with E-state index in [1.165, 1.54) is 6.08 Å². The highest BCUT2D eigenvalue weighted by Crippen LogP contribution is 2.24. The molecule has 5 nitrogen and oxygen atoms in total. The molecule has 0 aliphatic rings. The van der Waals surface area contributed by atoms with E-state index < -0.39 is 5.91 Å². The third kappa shape index (κ3) is 4.99. The molecule has 1 N–H and O–H groups in total. The number of anilines is 1. The van der Waals surface area contributed by atoms with Crippen LogP contribution in [-0.4, -0.2) is 19.6 Å². The van der Waals surface area contributed by atoms with Crippen molar-refractivity contribution in [3.8, 4) is 17.6 Å². The van der Waals surface area contributed by atoms with Crippen LogP contribution in [0.1, 0.15) is 12.5 Å². The van der Waals surface area contributed by atoms with Crippen LogP contribution in [0.2, 0.25) is 0 Å². The Morgan fingerprint density at radius 3 is 2.54 bits per heavy atom. The van der Waals surface area contributed by atoms with Crippen LogP contribution >= 0.6 is 0 Å². The topological polar surface area (TPSA) is 71.3 Å². The van der Waals surface area contributed by atoms with Crippen molar-refractivity contribution < 1.29 is 14.3 Å². The summed E-state index contributed by atoms with van der Waals surface area (Å²) in [5.41, 5.74) is 1.36. The van der Waals surface area contributed by atoms with E-state index in [1.807, 2.05) is 43.3 Å². The molecule has 0 bridgehead atoms. The summed E-state index contributed by atoms with van der Waals surface area (Å²) in [5, 5.41) is 12.0. The molecule has 0 heterocycles. The molecular weight excluding hydrogens is 328 g/mol. The number of nitrogens with zero attached hydrogens (tertiary/aromatic N) is 1. The second-order valence-electron chi connectivity index (χ2n) is 5.18. The SMILES string of the molecule is CCOc1ccccc1NC(=O)/C(C#N)=C/C=C/c1ccccc1OC. The maximum absolute atomic E-state index is 12.3. The fraction of sp³-hybridized carbons (Fsp3) is 0.143. The van der Waals surface area contributed by atoms with Crippen LogP contribution in [0.25, 0.3) is 6.08 Å². The minimum atomic E-state index is -0.496. The lowest BCUT2D eigenvalue weighted by molar-refractivity contribution is -0.112. The van der Waals surface area contributed by atoms with E-state index in [1.54, 1.807) is 37.5 Å². The first kappa shape index (κ1) is 18.8. The van der Waals surface area contributed by atoms with Gasteiger partial charge in [-0.1, -0.05) is 42.5 Å². The summed E-state index contributed by atoms with van der Waals surface area (Å²) in [7, 11) is 1.59. The molecule has 0 saturated heterocycles. The van der Waals surface area contributed by atoms with Crippen molar-refractivity contribution in [2.24, 2.45) is 0 Å². The zero-order valence-corrected chi connectivity index (χ0v) is 14.7. The monoisotopic (exact) mass is 348 g/mol. The van der Waals surface area contributed by atoms with Gasteiger partial charge in [-0.05, 0) is 31.2 Å². The number of nitriles is 1. The van der Waals surface area contributed by atoms with E-state index >= 15 is 0 Å². The molecule has 0 aromatic heterocycles. The van der Waals surface area contributed by atoms with Crippen molar-refractivity contribution in [1.29, 1.82) is 5.26 Å². The lowest BCUT2D eigenvalue weighted by atomic mass is 10.1. The van der Waals surface area contributed by atoms with E-state index in [0.717, 1.165) is 5.56 Å². The predicted molar refractivity (Wildman–Crippen MR) is 102 cm³/mol. The van der Waals surface area contributed by atoms with Crippen molar-refractivity contribution in [2.45, 2.75) is 6.92 Å². The van der Waals surface area contributed by atoms with Crippen LogP contribution in [0.3, 0.4) is 0 Å². The first-order chi connectivity index (χ1) is 12.7. The molecule has 5 heteroatoms. The Morgan fingerprint density at radius 2 is 1.85 bits per heavy atom. The van der Waals surface area contributed by atoms with E-state index in [2.05, 4.69) is 5.32 Å². The number of allylic oxidation sites excluding steroid dienone is 2. The molecule has 2 rings (SSSR count). The number of para-hydroxylation sites is 3. The molecule has 0 aliphatic heterocycles. The summed E-state index contributed by atoms with van der Waals surface area (Å²) >= 11 is 0. The van der Waals surface area contributed by atoms with Gasteiger partial charge in [0.25, 0.3) is 5.91 Å². The molecule has 26 heavy (non-hydrogen) atoms. The van der Waals surface area contributed by atoms with E-state index in [0.29, 0.717) is 23.8 Å². The zero-order chi connectivity index (χ0) is 18.8. The lowest BCUT2D eigenvalue weighted by Crippen LogP contribution is -2.14. The molecule has 0 fully saturated rings. The Bertz CT molecular complexity index is 864. The van der Waals surface area contributed by atoms with Gasteiger partial charge in [-0.15, -0.1) is 0 Å². The minimum Gasteiger partial charge on any atom is -0.496 e. The smallest absolute Gasteiger partial charge is 0.266 e. The van der Waals surface area contributed by atoms with Crippen molar-refractivity contribution in [3.05, 3.63) is 71.8 Å². The summed E-state index contributed by atoms with van der Waals surface area (Å²) in [6.45, 7) is 2.34. The van der Waals surface area contributed by atoms with Crippen molar-refractivity contribution in [3.63, 3.8) is 0 Å². The Labute approximate surface area is 153 Å². The first-order valence-corrected chi connectivity index (χ1v) is 8.14. The van der Waals surface area contributed by atoms with Crippen LogP contribution in [0, 0.1) is 11.3 Å². The fourth-order valence-electron chi connectivity index (χ4n) is 2.26. The quantitative estimate of drug-likeness (QED) is 0.462. The highest BCUT2D eigenvalue weighted by Gasteiger charge is 2.11. The number of hydrogen-bond acceptors (Lipinski definition) is 4. The van der Waals surface area contributed by atoms with Crippen LogP contribution in [-0.2, 0) is 4.79 Å². The second kappa shape index (κ2) is 9.70. The molecule has 0 saturated carbocycles. The third-order valence-corrected chi connectivity index (χ3v) is 3.48. The number of amides is 1. The molecule has 0 unspecified atom stereocenters. The van der Waals surface area contributed by atoms with E-state index in [4.69, 9.17) is 9.47 Å². The second-order valence-corrected chi connectivity index (χ2v) is 5.18. The molecule has 2 aromatic rings. The van der Waals surface area contributed by atoms with Crippen LogP contribution in [0.4, 0.5) is 5.69 Å². The number of carbonyl (C=O) groups excluding carboxylic acids is 1. The van der Waals surface area contributed by atoms with Gasteiger partial charge in [-0.25, -0.2) is 0 Å². The molecule has 0 spiro atoms. The van der Waals surface area contributed by atoms with Crippen LogP contribution < -0.4 is 14.8 Å². The summed E-state index contributed by atoms with van der Waals surface area (Å²) in [6.07, 6.45) is 4.88. The Hall–Kier alpha value is -3.52. The Kier molecular flexibility index (Phi) is 7.02. The van der Waals surface area contributed by atoms with E-state index in [-0.39, 0.29) is 5.57 Å². The predicted octanol–water partition coefficient (Wildman–Crippen LogP) is 4.20. The first-order valence-electron chi connectivity index (χ1n) is 8.14. The summed E-state index contributed by atoms with van der Waals surface area (Å²) in [6, 6.07) is 16.5. The van der Waals surface area contributed by atoms with Gasteiger partial charge in [-0.2, -0.15) is 5.26 Å². The number of hydrogen-bond donors (Lipinski definition) is 1. The summed E-state index contributed by atoms with van der Waals surface area (Å²) < 4.78 is 10.7. The number of rotatable bonds is 7. The third-order valence-electron chi connectivity index (χ3n) is 3.48. The van der Waals surface area contributed by atoms with Gasteiger partial charge in [-0.3, -0.25) is 4.79 Å². The van der Waals surface area contributed by atoms with E-state index in [9.17, 15) is 10.1 Å². The normalized spacial score (nSPS) is 11.0. The Morgan fingerprint density at radius 1 is 1.15 bits per heavy atom. The number of nitrogens with one attached hydrogen (secondary N) is 1. The summed E-state index contributed by atoms with van der Waals surface area (Å²) in [5.74, 6) is 0.778. The van der Waals surface area contributed by atoms with Crippen LogP contribution in [0.15, 0.2) is 66.3 Å². The largest absolute Gasteiger partial charge is 0.496 e. The van der Waals surface area contributed by atoms with Gasteiger partial charge < -0.3 is 14.8 Å². The average molecular weight is 348 g/mol. The molecule has 2 aromatic carbocycles. The Balaban J connectivity index is 2.15. The highest BCUT2D eigenvalue weighted by atomic mass is 16.5. The van der Waals surface area contributed by atoms with Gasteiger partial charge in [0, 0.05) is 5.56 Å².